The molecule has 5 heteroatoms. The summed E-state index contributed by atoms with van der Waals surface area (Å²) in [5.41, 5.74) is 0. The molecule has 1 unspecified atom stereocenters. The standard InChI is InChI=1S/C13H24N4O/c1-10(2)17-6-4-5-11(9-17)7-12-15-13(8-14-3)18-16-12/h10-11,14H,4-9H2,1-3H3. The maximum atomic E-state index is 5.18. The van der Waals surface area contributed by atoms with Gasteiger partial charge in [-0.2, -0.15) is 4.98 Å². The van der Waals surface area contributed by atoms with E-state index in [1.165, 1.54) is 19.4 Å². The van der Waals surface area contributed by atoms with Crippen LogP contribution in [0.2, 0.25) is 0 Å². The smallest absolute Gasteiger partial charge is 0.240 e. The molecular formula is C13H24N4O. The summed E-state index contributed by atoms with van der Waals surface area (Å²) >= 11 is 0. The molecule has 0 aromatic carbocycles. The summed E-state index contributed by atoms with van der Waals surface area (Å²) in [6.45, 7) is 7.57. The van der Waals surface area contributed by atoms with Gasteiger partial charge in [-0.3, -0.25) is 0 Å². The normalized spacial score (nSPS) is 21.7. The molecule has 0 bridgehead atoms. The van der Waals surface area contributed by atoms with Gasteiger partial charge in [0, 0.05) is 19.0 Å². The Morgan fingerprint density at radius 3 is 3.06 bits per heavy atom. The summed E-state index contributed by atoms with van der Waals surface area (Å²) in [5, 5.41) is 7.07. The van der Waals surface area contributed by atoms with Crippen LogP contribution in [0.1, 0.15) is 38.4 Å². The van der Waals surface area contributed by atoms with E-state index >= 15 is 0 Å². The summed E-state index contributed by atoms with van der Waals surface area (Å²) in [6.07, 6.45) is 3.50. The third-order valence-corrected chi connectivity index (χ3v) is 3.59. The molecule has 102 valence electrons. The highest BCUT2D eigenvalue weighted by Gasteiger charge is 2.23. The van der Waals surface area contributed by atoms with Crippen molar-refractivity contribution in [2.24, 2.45) is 5.92 Å². The van der Waals surface area contributed by atoms with Crippen LogP contribution in [0.4, 0.5) is 0 Å². The summed E-state index contributed by atoms with van der Waals surface area (Å²) in [4.78, 5) is 6.95. The molecule has 2 rings (SSSR count). The lowest BCUT2D eigenvalue weighted by molar-refractivity contribution is 0.138. The Morgan fingerprint density at radius 1 is 1.50 bits per heavy atom. The van der Waals surface area contributed by atoms with Gasteiger partial charge in [0.05, 0.1) is 6.54 Å². The van der Waals surface area contributed by atoms with Gasteiger partial charge < -0.3 is 14.7 Å². The van der Waals surface area contributed by atoms with E-state index in [2.05, 4.69) is 34.2 Å². The average Bonchev–Trinajstić information content (AvgIpc) is 2.77. The van der Waals surface area contributed by atoms with E-state index in [-0.39, 0.29) is 0 Å². The number of hydrogen-bond donors (Lipinski definition) is 1. The molecule has 1 atom stereocenters. The molecular weight excluding hydrogens is 228 g/mol. The van der Waals surface area contributed by atoms with Gasteiger partial charge in [0.2, 0.25) is 5.89 Å². The molecule has 1 saturated heterocycles. The minimum absolute atomic E-state index is 0.637. The van der Waals surface area contributed by atoms with Crippen LogP contribution in [-0.4, -0.2) is 41.2 Å². The van der Waals surface area contributed by atoms with Crippen molar-refractivity contribution in [3.8, 4) is 0 Å². The lowest BCUT2D eigenvalue weighted by atomic mass is 9.94. The predicted molar refractivity (Wildman–Crippen MR) is 70.2 cm³/mol. The number of rotatable bonds is 5. The molecule has 2 heterocycles. The van der Waals surface area contributed by atoms with Crippen LogP contribution < -0.4 is 5.32 Å². The van der Waals surface area contributed by atoms with Crippen molar-refractivity contribution in [3.63, 3.8) is 0 Å². The van der Waals surface area contributed by atoms with Crippen molar-refractivity contribution in [1.29, 1.82) is 0 Å². The Kier molecular flexibility index (Phi) is 4.72. The topological polar surface area (TPSA) is 54.2 Å². The SMILES string of the molecule is CNCc1nc(CC2CCCN(C(C)C)C2)no1. The molecule has 1 aromatic heterocycles. The van der Waals surface area contributed by atoms with Gasteiger partial charge in [-0.05, 0) is 46.2 Å². The van der Waals surface area contributed by atoms with E-state index in [4.69, 9.17) is 4.52 Å². The van der Waals surface area contributed by atoms with E-state index in [1.54, 1.807) is 0 Å². The number of hydrogen-bond acceptors (Lipinski definition) is 5. The molecule has 1 N–H and O–H groups in total. The van der Waals surface area contributed by atoms with Crippen LogP contribution in [0, 0.1) is 5.92 Å². The zero-order valence-corrected chi connectivity index (χ0v) is 11.6. The van der Waals surface area contributed by atoms with Crippen LogP contribution in [0.3, 0.4) is 0 Å². The van der Waals surface area contributed by atoms with Gasteiger partial charge >= 0.3 is 0 Å². The van der Waals surface area contributed by atoms with E-state index in [0.29, 0.717) is 24.4 Å². The van der Waals surface area contributed by atoms with Crippen molar-refractivity contribution in [3.05, 3.63) is 11.7 Å². The van der Waals surface area contributed by atoms with Crippen molar-refractivity contribution in [2.45, 2.75) is 45.7 Å². The highest BCUT2D eigenvalue weighted by atomic mass is 16.5. The van der Waals surface area contributed by atoms with Gasteiger partial charge in [-0.15, -0.1) is 0 Å². The summed E-state index contributed by atoms with van der Waals surface area (Å²) < 4.78 is 5.18. The summed E-state index contributed by atoms with van der Waals surface area (Å²) in [6, 6.07) is 0.637. The average molecular weight is 252 g/mol. The Balaban J connectivity index is 1.87. The van der Waals surface area contributed by atoms with Gasteiger partial charge in [0.1, 0.15) is 0 Å². The molecule has 1 aliphatic heterocycles. The van der Waals surface area contributed by atoms with Crippen molar-refractivity contribution >= 4 is 0 Å². The molecule has 0 radical (unpaired) electrons. The van der Waals surface area contributed by atoms with Gasteiger partial charge in [0.15, 0.2) is 5.82 Å². The number of nitrogens with zero attached hydrogens (tertiary/aromatic N) is 3. The van der Waals surface area contributed by atoms with Gasteiger partial charge in [-0.25, -0.2) is 0 Å². The van der Waals surface area contributed by atoms with Crippen molar-refractivity contribution in [1.82, 2.24) is 20.4 Å². The molecule has 1 fully saturated rings. The maximum Gasteiger partial charge on any atom is 0.240 e. The van der Waals surface area contributed by atoms with Crippen LogP contribution in [0.15, 0.2) is 4.52 Å². The van der Waals surface area contributed by atoms with Gasteiger partial charge in [0.25, 0.3) is 0 Å². The van der Waals surface area contributed by atoms with E-state index in [1.807, 2.05) is 7.05 Å². The first-order valence-corrected chi connectivity index (χ1v) is 6.89. The van der Waals surface area contributed by atoms with Crippen molar-refractivity contribution < 1.29 is 4.52 Å². The van der Waals surface area contributed by atoms with Crippen LogP contribution >= 0.6 is 0 Å². The van der Waals surface area contributed by atoms with Crippen LogP contribution in [0.5, 0.6) is 0 Å². The second kappa shape index (κ2) is 6.29. The van der Waals surface area contributed by atoms with E-state index < -0.39 is 0 Å². The van der Waals surface area contributed by atoms with Gasteiger partial charge in [-0.1, -0.05) is 5.16 Å². The third kappa shape index (κ3) is 3.53. The fourth-order valence-electron chi connectivity index (χ4n) is 2.59. The molecule has 0 spiro atoms. The maximum absolute atomic E-state index is 5.18. The first-order chi connectivity index (χ1) is 8.69. The van der Waals surface area contributed by atoms with Crippen LogP contribution in [0.25, 0.3) is 0 Å². The highest BCUT2D eigenvalue weighted by molar-refractivity contribution is 4.90. The molecule has 0 saturated carbocycles. The number of aromatic nitrogens is 2. The quantitative estimate of drug-likeness (QED) is 0.859. The highest BCUT2D eigenvalue weighted by Crippen LogP contribution is 2.21. The summed E-state index contributed by atoms with van der Waals surface area (Å²) in [5.74, 6) is 2.21. The lowest BCUT2D eigenvalue weighted by Crippen LogP contribution is -2.40. The molecule has 18 heavy (non-hydrogen) atoms. The second-order valence-corrected chi connectivity index (χ2v) is 5.44. The Morgan fingerprint density at radius 2 is 2.33 bits per heavy atom. The van der Waals surface area contributed by atoms with Crippen molar-refractivity contribution in [2.75, 3.05) is 20.1 Å². The molecule has 0 amide bonds. The molecule has 0 aliphatic carbocycles. The zero-order chi connectivity index (χ0) is 13.0. The number of nitrogens with one attached hydrogen (secondary N) is 1. The predicted octanol–water partition coefficient (Wildman–Crippen LogP) is 1.45. The second-order valence-electron chi connectivity index (χ2n) is 5.44. The monoisotopic (exact) mass is 252 g/mol. The third-order valence-electron chi connectivity index (χ3n) is 3.59. The fraction of sp³-hybridized carbons (Fsp3) is 0.846. The molecule has 5 nitrogen and oxygen atoms in total. The van der Waals surface area contributed by atoms with E-state index in [0.717, 1.165) is 18.8 Å². The largest absolute Gasteiger partial charge is 0.338 e. The molecule has 1 aromatic rings. The number of piperidine rings is 1. The number of likely N-dealkylation sites (tertiary alicyclic amines) is 1. The van der Waals surface area contributed by atoms with Crippen LogP contribution in [-0.2, 0) is 13.0 Å². The Hall–Kier alpha value is -0.940. The Labute approximate surface area is 109 Å². The Bertz CT molecular complexity index is 364. The first kappa shape index (κ1) is 13.5. The lowest BCUT2D eigenvalue weighted by Gasteiger charge is -2.35. The molecule has 1 aliphatic rings. The summed E-state index contributed by atoms with van der Waals surface area (Å²) in [7, 11) is 1.88. The minimum atomic E-state index is 0.637. The fourth-order valence-corrected chi connectivity index (χ4v) is 2.59. The zero-order valence-electron chi connectivity index (χ0n) is 11.6. The van der Waals surface area contributed by atoms with E-state index in [9.17, 15) is 0 Å². The minimum Gasteiger partial charge on any atom is -0.338 e. The first-order valence-electron chi connectivity index (χ1n) is 6.89.